The van der Waals surface area contributed by atoms with E-state index in [1.54, 1.807) is 39.0 Å². The number of hydrogen-bond donors (Lipinski definition) is 1. The van der Waals surface area contributed by atoms with Crippen molar-refractivity contribution in [2.24, 2.45) is 0 Å². The third-order valence-electron chi connectivity index (χ3n) is 2.57. The molecule has 8 heteroatoms. The molecule has 1 aromatic heterocycles. The Hall–Kier alpha value is -1.86. The zero-order valence-corrected chi connectivity index (χ0v) is 15.8. The molecule has 130 valence electrons. The first kappa shape index (κ1) is 18.5. The van der Waals surface area contributed by atoms with Crippen molar-refractivity contribution in [2.45, 2.75) is 46.3 Å². The van der Waals surface area contributed by atoms with Gasteiger partial charge in [0.15, 0.2) is 5.01 Å². The fourth-order valence-electron chi connectivity index (χ4n) is 1.80. The van der Waals surface area contributed by atoms with E-state index in [4.69, 9.17) is 21.1 Å². The lowest BCUT2D eigenvalue weighted by molar-refractivity contribution is 0.0636. The molecule has 0 saturated carbocycles. The second-order valence-corrected chi connectivity index (χ2v) is 7.76. The predicted octanol–water partition coefficient (Wildman–Crippen LogP) is 4.99. The summed E-state index contributed by atoms with van der Waals surface area (Å²) < 4.78 is 11.0. The van der Waals surface area contributed by atoms with Gasteiger partial charge in [0.1, 0.15) is 11.4 Å². The van der Waals surface area contributed by atoms with Crippen LogP contribution in [-0.2, 0) is 4.74 Å². The van der Waals surface area contributed by atoms with Crippen molar-refractivity contribution < 1.29 is 14.3 Å². The summed E-state index contributed by atoms with van der Waals surface area (Å²) in [5.74, 6) is 0.661. The maximum absolute atomic E-state index is 11.8. The number of amides is 1. The molecule has 24 heavy (non-hydrogen) atoms. The molecule has 1 heterocycles. The number of nitrogens with one attached hydrogen (secondary N) is 1. The van der Waals surface area contributed by atoms with Crippen LogP contribution >= 0.6 is 22.9 Å². The van der Waals surface area contributed by atoms with Crippen molar-refractivity contribution in [3.63, 3.8) is 0 Å². The Morgan fingerprint density at radius 1 is 1.29 bits per heavy atom. The van der Waals surface area contributed by atoms with E-state index in [1.165, 1.54) is 11.3 Å². The Morgan fingerprint density at radius 2 is 2.00 bits per heavy atom. The fourth-order valence-corrected chi connectivity index (χ4v) is 2.72. The molecule has 1 aromatic carbocycles. The van der Waals surface area contributed by atoms with Crippen LogP contribution in [0.2, 0.25) is 5.02 Å². The third-order valence-corrected chi connectivity index (χ3v) is 3.67. The molecular formula is C16H20ClN3O3S. The first-order valence-electron chi connectivity index (χ1n) is 7.44. The third kappa shape index (κ3) is 5.35. The van der Waals surface area contributed by atoms with Gasteiger partial charge in [-0.25, -0.2) is 4.79 Å². The maximum atomic E-state index is 11.8. The van der Waals surface area contributed by atoms with Gasteiger partial charge >= 0.3 is 6.09 Å². The van der Waals surface area contributed by atoms with Crippen molar-refractivity contribution in [2.75, 3.05) is 5.32 Å². The van der Waals surface area contributed by atoms with Crippen LogP contribution in [0.4, 0.5) is 9.93 Å². The van der Waals surface area contributed by atoms with Gasteiger partial charge in [0, 0.05) is 5.02 Å². The minimum absolute atomic E-state index is 0.0113. The number of hydrogen-bond acceptors (Lipinski definition) is 6. The number of carbonyl (C=O) groups excluding carboxylic acids is 1. The van der Waals surface area contributed by atoms with Crippen molar-refractivity contribution in [1.82, 2.24) is 10.2 Å². The summed E-state index contributed by atoms with van der Waals surface area (Å²) in [6.07, 6.45) is -0.563. The smallest absolute Gasteiger partial charge is 0.414 e. The van der Waals surface area contributed by atoms with Gasteiger partial charge in [-0.2, -0.15) is 0 Å². The molecule has 0 bridgehead atoms. The number of carbonyl (C=O) groups is 1. The molecule has 0 atom stereocenters. The first-order valence-corrected chi connectivity index (χ1v) is 8.63. The Labute approximate surface area is 150 Å². The number of nitrogens with zero attached hydrogens (tertiary/aromatic N) is 2. The average molecular weight is 370 g/mol. The van der Waals surface area contributed by atoms with Crippen molar-refractivity contribution in [1.29, 1.82) is 0 Å². The molecule has 2 aromatic rings. The molecule has 2 rings (SSSR count). The largest absolute Gasteiger partial charge is 0.490 e. The second-order valence-electron chi connectivity index (χ2n) is 6.35. The molecule has 0 spiro atoms. The van der Waals surface area contributed by atoms with Gasteiger partial charge in [-0.15, -0.1) is 10.2 Å². The van der Waals surface area contributed by atoms with Crippen molar-refractivity contribution in [3.8, 4) is 16.3 Å². The zero-order valence-electron chi connectivity index (χ0n) is 14.2. The number of benzene rings is 1. The lowest BCUT2D eigenvalue weighted by atomic mass is 10.2. The summed E-state index contributed by atoms with van der Waals surface area (Å²) in [6, 6.07) is 5.31. The van der Waals surface area contributed by atoms with Crippen LogP contribution < -0.4 is 10.1 Å². The van der Waals surface area contributed by atoms with E-state index in [-0.39, 0.29) is 6.10 Å². The molecule has 0 aliphatic carbocycles. The van der Waals surface area contributed by atoms with Gasteiger partial charge in [-0.1, -0.05) is 22.9 Å². The average Bonchev–Trinajstić information content (AvgIpc) is 2.86. The highest BCUT2D eigenvalue weighted by Gasteiger charge is 2.19. The van der Waals surface area contributed by atoms with E-state index in [1.807, 2.05) is 13.8 Å². The number of ether oxygens (including phenoxy) is 2. The highest BCUT2D eigenvalue weighted by atomic mass is 35.5. The normalized spacial score (nSPS) is 11.5. The second kappa shape index (κ2) is 7.36. The SMILES string of the molecule is CC(C)Oc1ccc(Cl)cc1-c1nnc(NC(=O)OC(C)(C)C)s1. The molecule has 0 aliphatic heterocycles. The lowest BCUT2D eigenvalue weighted by Crippen LogP contribution is -2.27. The number of halogens is 1. The number of aromatic nitrogens is 2. The van der Waals surface area contributed by atoms with E-state index >= 15 is 0 Å². The van der Waals surface area contributed by atoms with Crippen LogP contribution in [0.25, 0.3) is 10.6 Å². The Balaban J connectivity index is 2.21. The quantitative estimate of drug-likeness (QED) is 0.821. The van der Waals surface area contributed by atoms with Crippen LogP contribution in [0.15, 0.2) is 18.2 Å². The highest BCUT2D eigenvalue weighted by Crippen LogP contribution is 2.36. The van der Waals surface area contributed by atoms with E-state index in [0.29, 0.717) is 20.9 Å². The van der Waals surface area contributed by atoms with Gasteiger partial charge in [0.25, 0.3) is 0 Å². The van der Waals surface area contributed by atoms with Crippen LogP contribution in [-0.4, -0.2) is 28.0 Å². The van der Waals surface area contributed by atoms with Gasteiger partial charge < -0.3 is 9.47 Å². The first-order chi connectivity index (χ1) is 11.1. The number of anilines is 1. The van der Waals surface area contributed by atoms with Crippen LogP contribution in [0.3, 0.4) is 0 Å². The molecular weight excluding hydrogens is 350 g/mol. The van der Waals surface area contributed by atoms with Crippen molar-refractivity contribution in [3.05, 3.63) is 23.2 Å². The molecule has 0 unspecified atom stereocenters. The summed E-state index contributed by atoms with van der Waals surface area (Å²) in [7, 11) is 0. The summed E-state index contributed by atoms with van der Waals surface area (Å²) in [6.45, 7) is 9.25. The fraction of sp³-hybridized carbons (Fsp3) is 0.438. The Kier molecular flexibility index (Phi) is 5.66. The van der Waals surface area contributed by atoms with E-state index in [2.05, 4.69) is 15.5 Å². The van der Waals surface area contributed by atoms with Gasteiger partial charge in [0.05, 0.1) is 11.7 Å². The zero-order chi connectivity index (χ0) is 17.9. The maximum Gasteiger partial charge on any atom is 0.414 e. The van der Waals surface area contributed by atoms with Crippen LogP contribution in [0, 0.1) is 0 Å². The standard InChI is InChI=1S/C16H20ClN3O3S/c1-9(2)22-12-7-6-10(17)8-11(12)13-19-20-14(24-13)18-15(21)23-16(3,4)5/h6-9H,1-5H3,(H,18,20,21). The van der Waals surface area contributed by atoms with E-state index in [0.717, 1.165) is 5.56 Å². The molecule has 0 aliphatic rings. The lowest BCUT2D eigenvalue weighted by Gasteiger charge is -2.18. The number of rotatable bonds is 4. The predicted molar refractivity (Wildman–Crippen MR) is 96.0 cm³/mol. The van der Waals surface area contributed by atoms with Crippen molar-refractivity contribution >= 4 is 34.2 Å². The van der Waals surface area contributed by atoms with E-state index < -0.39 is 11.7 Å². The van der Waals surface area contributed by atoms with Gasteiger partial charge in [0.2, 0.25) is 5.13 Å². The summed E-state index contributed by atoms with van der Waals surface area (Å²) in [5.41, 5.74) is 0.147. The minimum atomic E-state index is -0.581. The summed E-state index contributed by atoms with van der Waals surface area (Å²) in [5, 5.41) is 12.2. The molecule has 1 amide bonds. The highest BCUT2D eigenvalue weighted by molar-refractivity contribution is 7.18. The summed E-state index contributed by atoms with van der Waals surface area (Å²) in [4.78, 5) is 11.8. The minimum Gasteiger partial charge on any atom is -0.490 e. The topological polar surface area (TPSA) is 73.3 Å². The Bertz CT molecular complexity index is 726. The summed E-state index contributed by atoms with van der Waals surface area (Å²) >= 11 is 7.30. The molecule has 6 nitrogen and oxygen atoms in total. The molecule has 0 fully saturated rings. The van der Waals surface area contributed by atoms with E-state index in [9.17, 15) is 4.79 Å². The molecule has 0 saturated heterocycles. The van der Waals surface area contributed by atoms with Crippen LogP contribution in [0.5, 0.6) is 5.75 Å². The van der Waals surface area contributed by atoms with Crippen LogP contribution in [0.1, 0.15) is 34.6 Å². The van der Waals surface area contributed by atoms with Gasteiger partial charge in [-0.3, -0.25) is 5.32 Å². The van der Waals surface area contributed by atoms with Gasteiger partial charge in [-0.05, 0) is 52.8 Å². The molecule has 0 radical (unpaired) electrons. The monoisotopic (exact) mass is 369 g/mol. The Morgan fingerprint density at radius 3 is 2.62 bits per heavy atom. The molecule has 1 N–H and O–H groups in total.